The molecular weight excluding hydrogens is 258 g/mol. The van der Waals surface area contributed by atoms with Crippen molar-refractivity contribution in [2.45, 2.75) is 46.0 Å². The Morgan fingerprint density at radius 3 is 1.72 bits per heavy atom. The van der Waals surface area contributed by atoms with Gasteiger partial charge in [-0.2, -0.15) is 26.3 Å². The van der Waals surface area contributed by atoms with Gasteiger partial charge in [-0.1, -0.05) is 19.8 Å². The van der Waals surface area contributed by atoms with E-state index in [9.17, 15) is 26.3 Å². The van der Waals surface area contributed by atoms with Crippen LogP contribution in [0.25, 0.3) is 0 Å². The van der Waals surface area contributed by atoms with Gasteiger partial charge in [-0.25, -0.2) is 0 Å². The highest BCUT2D eigenvalue weighted by molar-refractivity contribution is 5.07. The van der Waals surface area contributed by atoms with Gasteiger partial charge in [0.05, 0.1) is 11.8 Å². The summed E-state index contributed by atoms with van der Waals surface area (Å²) >= 11 is 0. The SMILES string of the molecule is C#CC(C)(CC)C(CC(C)C(F)(F)F)C(F)(F)F. The van der Waals surface area contributed by atoms with E-state index in [-0.39, 0.29) is 6.42 Å². The molecule has 6 heteroatoms. The molecule has 0 fully saturated rings. The fourth-order valence-electron chi connectivity index (χ4n) is 1.69. The van der Waals surface area contributed by atoms with Crippen molar-refractivity contribution in [2.24, 2.45) is 17.3 Å². The van der Waals surface area contributed by atoms with Crippen LogP contribution in [0, 0.1) is 29.6 Å². The number of hydrogen-bond donors (Lipinski definition) is 0. The second kappa shape index (κ2) is 5.41. The monoisotopic (exact) mass is 274 g/mol. The van der Waals surface area contributed by atoms with E-state index in [0.29, 0.717) is 0 Å². The molecule has 0 saturated carbocycles. The van der Waals surface area contributed by atoms with E-state index in [1.165, 1.54) is 13.8 Å². The minimum absolute atomic E-state index is 0.0295. The second-order valence-corrected chi connectivity index (χ2v) is 4.69. The van der Waals surface area contributed by atoms with Crippen LogP contribution >= 0.6 is 0 Å². The first kappa shape index (κ1) is 17.1. The first-order valence-electron chi connectivity index (χ1n) is 5.49. The fourth-order valence-corrected chi connectivity index (χ4v) is 1.69. The quantitative estimate of drug-likeness (QED) is 0.510. The van der Waals surface area contributed by atoms with Crippen LogP contribution in [-0.2, 0) is 0 Å². The summed E-state index contributed by atoms with van der Waals surface area (Å²) in [7, 11) is 0. The van der Waals surface area contributed by atoms with Crippen LogP contribution in [0.2, 0.25) is 0 Å². The lowest BCUT2D eigenvalue weighted by atomic mass is 9.71. The second-order valence-electron chi connectivity index (χ2n) is 4.69. The van der Waals surface area contributed by atoms with E-state index < -0.39 is 36.0 Å². The van der Waals surface area contributed by atoms with Gasteiger partial charge >= 0.3 is 12.4 Å². The Balaban J connectivity index is 5.25. The Morgan fingerprint density at radius 2 is 1.50 bits per heavy atom. The molecule has 0 aliphatic carbocycles. The van der Waals surface area contributed by atoms with Crippen molar-refractivity contribution in [3.63, 3.8) is 0 Å². The third kappa shape index (κ3) is 4.11. The van der Waals surface area contributed by atoms with Gasteiger partial charge in [0, 0.05) is 5.41 Å². The molecule has 0 spiro atoms. The molecule has 0 N–H and O–H groups in total. The molecule has 0 aromatic rings. The fraction of sp³-hybridized carbons (Fsp3) is 0.833. The third-order valence-electron chi connectivity index (χ3n) is 3.38. The molecule has 0 rings (SSSR count). The van der Waals surface area contributed by atoms with Crippen LogP contribution in [0.1, 0.15) is 33.6 Å². The average molecular weight is 274 g/mol. The molecule has 0 aliphatic heterocycles. The molecular formula is C12H16F6. The largest absolute Gasteiger partial charge is 0.393 e. The van der Waals surface area contributed by atoms with Gasteiger partial charge in [0.2, 0.25) is 0 Å². The number of rotatable bonds is 4. The summed E-state index contributed by atoms with van der Waals surface area (Å²) in [5, 5.41) is 0. The minimum atomic E-state index is -4.74. The van der Waals surface area contributed by atoms with Crippen molar-refractivity contribution < 1.29 is 26.3 Å². The zero-order chi connectivity index (χ0) is 14.8. The molecule has 0 heterocycles. The summed E-state index contributed by atoms with van der Waals surface area (Å²) in [5.74, 6) is -2.19. The Bertz CT molecular complexity index is 308. The first-order chi connectivity index (χ1) is 7.88. The van der Waals surface area contributed by atoms with Crippen LogP contribution in [0.4, 0.5) is 26.3 Å². The van der Waals surface area contributed by atoms with Crippen molar-refractivity contribution in [3.8, 4) is 12.3 Å². The van der Waals surface area contributed by atoms with E-state index in [2.05, 4.69) is 0 Å². The zero-order valence-electron chi connectivity index (χ0n) is 10.4. The Morgan fingerprint density at radius 1 is 1.06 bits per heavy atom. The molecule has 0 aromatic heterocycles. The standard InChI is InChI=1S/C12H16F6/c1-5-10(4,6-2)9(12(16,17)18)7-8(3)11(13,14)15/h1,8-9H,6-7H2,2-4H3. The van der Waals surface area contributed by atoms with Crippen molar-refractivity contribution in [1.82, 2.24) is 0 Å². The molecule has 3 unspecified atom stereocenters. The molecule has 0 amide bonds. The van der Waals surface area contributed by atoms with Crippen LogP contribution in [0.15, 0.2) is 0 Å². The van der Waals surface area contributed by atoms with Crippen LogP contribution in [0.5, 0.6) is 0 Å². The van der Waals surface area contributed by atoms with Crippen molar-refractivity contribution in [2.75, 3.05) is 0 Å². The highest BCUT2D eigenvalue weighted by atomic mass is 19.4. The van der Waals surface area contributed by atoms with E-state index in [4.69, 9.17) is 6.42 Å². The van der Waals surface area contributed by atoms with Crippen LogP contribution < -0.4 is 0 Å². The van der Waals surface area contributed by atoms with Crippen molar-refractivity contribution in [1.29, 1.82) is 0 Å². The topological polar surface area (TPSA) is 0 Å². The third-order valence-corrected chi connectivity index (χ3v) is 3.38. The lowest BCUT2D eigenvalue weighted by Gasteiger charge is -2.35. The maximum atomic E-state index is 12.9. The molecule has 0 saturated heterocycles. The van der Waals surface area contributed by atoms with E-state index >= 15 is 0 Å². The smallest absolute Gasteiger partial charge is 0.171 e. The number of alkyl halides is 6. The predicted octanol–water partition coefficient (Wildman–Crippen LogP) is 4.80. The van der Waals surface area contributed by atoms with E-state index in [0.717, 1.165) is 6.92 Å². The van der Waals surface area contributed by atoms with Gasteiger partial charge < -0.3 is 0 Å². The van der Waals surface area contributed by atoms with E-state index in [1.54, 1.807) is 0 Å². The lowest BCUT2D eigenvalue weighted by Crippen LogP contribution is -2.40. The van der Waals surface area contributed by atoms with Crippen LogP contribution in [-0.4, -0.2) is 12.4 Å². The molecule has 0 aromatic carbocycles. The summed E-state index contributed by atoms with van der Waals surface area (Å²) in [6, 6.07) is 0. The Kier molecular flexibility index (Phi) is 5.16. The average Bonchev–Trinajstić information content (AvgIpc) is 2.21. The first-order valence-corrected chi connectivity index (χ1v) is 5.49. The van der Waals surface area contributed by atoms with Gasteiger partial charge in [0.1, 0.15) is 0 Å². The highest BCUT2D eigenvalue weighted by Gasteiger charge is 2.52. The summed E-state index contributed by atoms with van der Waals surface area (Å²) in [5.41, 5.74) is -1.61. The van der Waals surface area contributed by atoms with Gasteiger partial charge in [-0.15, -0.1) is 6.42 Å². The lowest BCUT2D eigenvalue weighted by molar-refractivity contribution is -0.223. The number of terminal acetylenes is 1. The van der Waals surface area contributed by atoms with Crippen LogP contribution in [0.3, 0.4) is 0 Å². The highest BCUT2D eigenvalue weighted by Crippen LogP contribution is 2.47. The van der Waals surface area contributed by atoms with Gasteiger partial charge in [0.25, 0.3) is 0 Å². The maximum Gasteiger partial charge on any atom is 0.393 e. The molecule has 106 valence electrons. The maximum absolute atomic E-state index is 12.9. The predicted molar refractivity (Wildman–Crippen MR) is 56.6 cm³/mol. The number of halogens is 6. The molecule has 0 bridgehead atoms. The molecule has 0 aliphatic rings. The molecule has 18 heavy (non-hydrogen) atoms. The summed E-state index contributed by atoms with van der Waals surface area (Å²) < 4.78 is 75.7. The zero-order valence-corrected chi connectivity index (χ0v) is 10.4. The summed E-state index contributed by atoms with van der Waals surface area (Å²) in [6.07, 6.45) is -5.39. The molecule has 0 radical (unpaired) electrons. The van der Waals surface area contributed by atoms with Gasteiger partial charge in [-0.05, 0) is 19.8 Å². The van der Waals surface area contributed by atoms with Crippen molar-refractivity contribution in [3.05, 3.63) is 0 Å². The Labute approximate surface area is 103 Å². The minimum Gasteiger partial charge on any atom is -0.171 e. The molecule has 0 nitrogen and oxygen atoms in total. The molecule has 3 atom stereocenters. The summed E-state index contributed by atoms with van der Waals surface area (Å²) in [4.78, 5) is 0. The summed E-state index contributed by atoms with van der Waals surface area (Å²) in [6.45, 7) is 3.36. The number of hydrogen-bond acceptors (Lipinski definition) is 0. The van der Waals surface area contributed by atoms with Crippen molar-refractivity contribution >= 4 is 0 Å². The Hall–Kier alpha value is -0.860. The van der Waals surface area contributed by atoms with E-state index in [1.807, 2.05) is 5.92 Å². The normalized spacial score (nSPS) is 19.8. The van der Waals surface area contributed by atoms with Gasteiger partial charge in [0.15, 0.2) is 0 Å². The van der Waals surface area contributed by atoms with Gasteiger partial charge in [-0.3, -0.25) is 0 Å².